The molecule has 0 saturated carbocycles. The molecule has 0 aromatic heterocycles. The van der Waals surface area contributed by atoms with Gasteiger partial charge in [-0.25, -0.2) is 0 Å². The number of para-hydroxylation sites is 2. The van der Waals surface area contributed by atoms with Crippen LogP contribution < -0.4 is 15.2 Å². The van der Waals surface area contributed by atoms with Gasteiger partial charge < -0.3 is 15.2 Å². The molecule has 0 aliphatic rings. The minimum absolute atomic E-state index is 0.544. The quantitative estimate of drug-likeness (QED) is 0.907. The third kappa shape index (κ3) is 3.40. The van der Waals surface area contributed by atoms with Gasteiger partial charge in [0.25, 0.3) is 0 Å². The highest BCUT2D eigenvalue weighted by molar-refractivity contribution is 6.30. The number of ether oxygens (including phenoxy) is 2. The SMILES string of the molecule is COc1ccccc1Oc1ccc(Cl)cc1CCN. The van der Waals surface area contributed by atoms with Gasteiger partial charge in [0.05, 0.1) is 7.11 Å². The average molecular weight is 278 g/mol. The summed E-state index contributed by atoms with van der Waals surface area (Å²) in [5.74, 6) is 2.11. The second kappa shape index (κ2) is 6.45. The minimum atomic E-state index is 0.544. The smallest absolute Gasteiger partial charge is 0.169 e. The molecule has 0 spiro atoms. The molecule has 0 aliphatic carbocycles. The molecule has 0 saturated heterocycles. The van der Waals surface area contributed by atoms with Crippen molar-refractivity contribution >= 4 is 11.6 Å². The Morgan fingerprint density at radius 3 is 2.47 bits per heavy atom. The number of hydrogen-bond acceptors (Lipinski definition) is 3. The van der Waals surface area contributed by atoms with Gasteiger partial charge in [0.1, 0.15) is 5.75 Å². The molecular formula is C15H16ClNO2. The summed E-state index contributed by atoms with van der Waals surface area (Å²) >= 11 is 5.99. The molecule has 3 nitrogen and oxygen atoms in total. The van der Waals surface area contributed by atoms with Crippen molar-refractivity contribution in [2.45, 2.75) is 6.42 Å². The predicted molar refractivity (Wildman–Crippen MR) is 77.3 cm³/mol. The molecule has 0 bridgehead atoms. The van der Waals surface area contributed by atoms with E-state index in [9.17, 15) is 0 Å². The molecule has 2 aromatic carbocycles. The number of hydrogen-bond donors (Lipinski definition) is 1. The summed E-state index contributed by atoms with van der Waals surface area (Å²) in [5.41, 5.74) is 6.59. The van der Waals surface area contributed by atoms with Crippen molar-refractivity contribution in [3.05, 3.63) is 53.1 Å². The summed E-state index contributed by atoms with van der Waals surface area (Å²) in [5, 5.41) is 0.677. The van der Waals surface area contributed by atoms with Crippen molar-refractivity contribution < 1.29 is 9.47 Å². The Labute approximate surface area is 117 Å². The molecule has 0 unspecified atom stereocenters. The van der Waals surface area contributed by atoms with Crippen LogP contribution in [0.3, 0.4) is 0 Å². The molecule has 0 amide bonds. The molecule has 2 N–H and O–H groups in total. The van der Waals surface area contributed by atoms with Gasteiger partial charge in [-0.2, -0.15) is 0 Å². The van der Waals surface area contributed by atoms with Crippen LogP contribution in [0, 0.1) is 0 Å². The number of rotatable bonds is 5. The Morgan fingerprint density at radius 2 is 1.79 bits per heavy atom. The summed E-state index contributed by atoms with van der Waals surface area (Å²) in [6.07, 6.45) is 0.713. The van der Waals surface area contributed by atoms with Crippen LogP contribution in [0.4, 0.5) is 0 Å². The molecule has 19 heavy (non-hydrogen) atoms. The predicted octanol–water partition coefficient (Wildman–Crippen LogP) is 3.64. The van der Waals surface area contributed by atoms with Crippen LogP contribution in [0.5, 0.6) is 17.2 Å². The standard InChI is InChI=1S/C15H16ClNO2/c1-18-14-4-2-3-5-15(14)19-13-7-6-12(16)10-11(13)8-9-17/h2-7,10H,8-9,17H2,1H3. The molecule has 2 rings (SSSR count). The molecule has 0 heterocycles. The largest absolute Gasteiger partial charge is 0.493 e. The molecule has 100 valence electrons. The highest BCUT2D eigenvalue weighted by Gasteiger charge is 2.08. The molecular weight excluding hydrogens is 262 g/mol. The van der Waals surface area contributed by atoms with E-state index in [-0.39, 0.29) is 0 Å². The van der Waals surface area contributed by atoms with Gasteiger partial charge in [-0.15, -0.1) is 0 Å². The van der Waals surface area contributed by atoms with Gasteiger partial charge in [-0.1, -0.05) is 23.7 Å². The van der Waals surface area contributed by atoms with E-state index in [2.05, 4.69) is 0 Å². The monoisotopic (exact) mass is 277 g/mol. The van der Waals surface area contributed by atoms with Crippen LogP contribution in [0.1, 0.15) is 5.56 Å². The van der Waals surface area contributed by atoms with Crippen molar-refractivity contribution in [2.75, 3.05) is 13.7 Å². The van der Waals surface area contributed by atoms with E-state index < -0.39 is 0 Å². The summed E-state index contributed by atoms with van der Waals surface area (Å²) in [6, 6.07) is 13.0. The van der Waals surface area contributed by atoms with Crippen molar-refractivity contribution in [1.82, 2.24) is 0 Å². The first-order chi connectivity index (χ1) is 9.24. The number of methoxy groups -OCH3 is 1. The van der Waals surface area contributed by atoms with Crippen molar-refractivity contribution in [1.29, 1.82) is 0 Å². The third-order valence-electron chi connectivity index (χ3n) is 2.73. The zero-order chi connectivity index (χ0) is 13.7. The fourth-order valence-electron chi connectivity index (χ4n) is 1.82. The summed E-state index contributed by atoms with van der Waals surface area (Å²) < 4.78 is 11.2. The first-order valence-corrected chi connectivity index (χ1v) is 6.41. The Hall–Kier alpha value is -1.71. The number of nitrogens with two attached hydrogens (primary N) is 1. The van der Waals surface area contributed by atoms with Crippen LogP contribution in [0.25, 0.3) is 0 Å². The Morgan fingerprint density at radius 1 is 1.05 bits per heavy atom. The van der Waals surface area contributed by atoms with Crippen molar-refractivity contribution in [2.24, 2.45) is 5.73 Å². The second-order valence-corrected chi connectivity index (χ2v) is 4.48. The normalized spacial score (nSPS) is 10.3. The van der Waals surface area contributed by atoms with E-state index in [0.717, 1.165) is 11.3 Å². The zero-order valence-electron chi connectivity index (χ0n) is 10.7. The van der Waals surface area contributed by atoms with Crippen LogP contribution in [0.15, 0.2) is 42.5 Å². The van der Waals surface area contributed by atoms with E-state index in [1.165, 1.54) is 0 Å². The van der Waals surface area contributed by atoms with E-state index in [4.69, 9.17) is 26.8 Å². The fourth-order valence-corrected chi connectivity index (χ4v) is 2.01. The molecule has 0 atom stereocenters. The van der Waals surface area contributed by atoms with Crippen LogP contribution in [-0.2, 0) is 6.42 Å². The summed E-state index contributed by atoms with van der Waals surface area (Å²) in [7, 11) is 1.62. The van der Waals surface area contributed by atoms with Gasteiger partial charge in [-0.05, 0) is 48.9 Å². The lowest BCUT2D eigenvalue weighted by molar-refractivity contribution is 0.377. The Balaban J connectivity index is 2.32. The first kappa shape index (κ1) is 13.7. The van der Waals surface area contributed by atoms with E-state index in [0.29, 0.717) is 29.5 Å². The summed E-state index contributed by atoms with van der Waals surface area (Å²) in [6.45, 7) is 0.544. The fraction of sp³-hybridized carbons (Fsp3) is 0.200. The lowest BCUT2D eigenvalue weighted by Crippen LogP contribution is -2.04. The van der Waals surface area contributed by atoms with Crippen molar-refractivity contribution in [3.8, 4) is 17.2 Å². The van der Waals surface area contributed by atoms with Gasteiger partial charge in [0, 0.05) is 5.02 Å². The van der Waals surface area contributed by atoms with Gasteiger partial charge >= 0.3 is 0 Å². The lowest BCUT2D eigenvalue weighted by Gasteiger charge is -2.13. The van der Waals surface area contributed by atoms with Gasteiger partial charge in [-0.3, -0.25) is 0 Å². The third-order valence-corrected chi connectivity index (χ3v) is 2.96. The molecule has 2 aromatic rings. The summed E-state index contributed by atoms with van der Waals surface area (Å²) in [4.78, 5) is 0. The first-order valence-electron chi connectivity index (χ1n) is 6.04. The van der Waals surface area contributed by atoms with Crippen LogP contribution in [0.2, 0.25) is 5.02 Å². The number of halogens is 1. The van der Waals surface area contributed by atoms with Gasteiger partial charge in [0.15, 0.2) is 11.5 Å². The Kier molecular flexibility index (Phi) is 4.66. The van der Waals surface area contributed by atoms with E-state index >= 15 is 0 Å². The topological polar surface area (TPSA) is 44.5 Å². The van der Waals surface area contributed by atoms with Crippen LogP contribution in [-0.4, -0.2) is 13.7 Å². The number of benzene rings is 2. The van der Waals surface area contributed by atoms with Crippen molar-refractivity contribution in [3.63, 3.8) is 0 Å². The van der Waals surface area contributed by atoms with Gasteiger partial charge in [0.2, 0.25) is 0 Å². The zero-order valence-corrected chi connectivity index (χ0v) is 11.5. The van der Waals surface area contributed by atoms with Crippen LogP contribution >= 0.6 is 11.6 Å². The molecule has 0 fully saturated rings. The molecule has 4 heteroatoms. The second-order valence-electron chi connectivity index (χ2n) is 4.04. The Bertz CT molecular complexity index is 558. The maximum atomic E-state index is 5.99. The van der Waals surface area contributed by atoms with E-state index in [1.807, 2.05) is 36.4 Å². The minimum Gasteiger partial charge on any atom is -0.493 e. The molecule has 0 radical (unpaired) electrons. The molecule has 0 aliphatic heterocycles. The highest BCUT2D eigenvalue weighted by atomic mass is 35.5. The average Bonchev–Trinajstić information content (AvgIpc) is 2.43. The highest BCUT2D eigenvalue weighted by Crippen LogP contribution is 2.33. The maximum absolute atomic E-state index is 5.99. The van der Waals surface area contributed by atoms with E-state index in [1.54, 1.807) is 13.2 Å². The lowest BCUT2D eigenvalue weighted by atomic mass is 10.1. The maximum Gasteiger partial charge on any atom is 0.169 e.